The Balaban J connectivity index is 1.99. The first kappa shape index (κ1) is 17.0. The van der Waals surface area contributed by atoms with E-state index in [1.54, 1.807) is 4.90 Å². The summed E-state index contributed by atoms with van der Waals surface area (Å²) in [6.07, 6.45) is 0.198. The number of nitrogens with zero attached hydrogens (tertiary/aromatic N) is 1. The van der Waals surface area contributed by atoms with E-state index < -0.39 is 16.9 Å². The molecule has 122 valence electrons. The molecule has 0 radical (unpaired) electrons. The van der Waals surface area contributed by atoms with Gasteiger partial charge < -0.3 is 15.3 Å². The van der Waals surface area contributed by atoms with Crippen LogP contribution in [0.25, 0.3) is 0 Å². The first-order chi connectivity index (χ1) is 10.3. The van der Waals surface area contributed by atoms with Crippen LogP contribution in [0.2, 0.25) is 0 Å². The van der Waals surface area contributed by atoms with Crippen LogP contribution in [-0.4, -0.2) is 44.2 Å². The zero-order valence-corrected chi connectivity index (χ0v) is 14.2. The Morgan fingerprint density at radius 3 is 2.77 bits per heavy atom. The van der Waals surface area contributed by atoms with E-state index in [1.165, 1.54) is 0 Å². The molecule has 0 aromatic heterocycles. The van der Waals surface area contributed by atoms with Crippen molar-refractivity contribution in [1.29, 1.82) is 0 Å². The van der Waals surface area contributed by atoms with E-state index >= 15 is 0 Å². The van der Waals surface area contributed by atoms with E-state index in [1.807, 2.05) is 45.0 Å². The number of rotatable bonds is 3. The first-order valence-corrected chi connectivity index (χ1v) is 8.79. The number of hydrogen-bond donors (Lipinski definition) is 2. The zero-order valence-electron chi connectivity index (χ0n) is 13.3. The Labute approximate surface area is 134 Å². The molecular weight excluding hydrogens is 300 g/mol. The molecule has 1 aromatic rings. The molecule has 1 saturated heterocycles. The summed E-state index contributed by atoms with van der Waals surface area (Å²) in [6, 6.07) is 7.23. The van der Waals surface area contributed by atoms with Crippen molar-refractivity contribution in [3.8, 4) is 0 Å². The maximum Gasteiger partial charge on any atom is 0.321 e. The monoisotopic (exact) mass is 324 g/mol. The van der Waals surface area contributed by atoms with Crippen LogP contribution < -0.4 is 5.32 Å². The van der Waals surface area contributed by atoms with Gasteiger partial charge in [0.2, 0.25) is 0 Å². The van der Waals surface area contributed by atoms with Crippen LogP contribution in [0.15, 0.2) is 24.3 Å². The van der Waals surface area contributed by atoms with Crippen molar-refractivity contribution in [3.05, 3.63) is 29.8 Å². The molecule has 0 aliphatic carbocycles. The molecule has 0 saturated carbocycles. The second-order valence-electron chi connectivity index (χ2n) is 6.62. The third-order valence-corrected chi connectivity index (χ3v) is 5.57. The van der Waals surface area contributed by atoms with Gasteiger partial charge in [0, 0.05) is 40.1 Å². The van der Waals surface area contributed by atoms with E-state index in [0.29, 0.717) is 31.0 Å². The van der Waals surface area contributed by atoms with Crippen molar-refractivity contribution in [2.24, 2.45) is 0 Å². The van der Waals surface area contributed by atoms with Gasteiger partial charge in [-0.1, -0.05) is 12.1 Å². The van der Waals surface area contributed by atoms with E-state index in [-0.39, 0.29) is 10.8 Å². The average Bonchev–Trinajstić information content (AvgIpc) is 2.85. The minimum atomic E-state index is -0.972. The fourth-order valence-corrected chi connectivity index (χ4v) is 3.15. The standard InChI is InChI=1S/C16H24N2O3S/c1-16(2,3)22(21)11-12-5-4-6-13(9-12)17-15(20)18-8-7-14(19)10-18/h4-6,9,14,19H,7-8,10-11H2,1-3H3,(H,17,20)/t14-,22-/m1/s1. The number of likely N-dealkylation sites (tertiary alicyclic amines) is 1. The lowest BCUT2D eigenvalue weighted by molar-refractivity contribution is 0.176. The molecule has 2 amide bonds. The second-order valence-corrected chi connectivity index (χ2v) is 8.83. The van der Waals surface area contributed by atoms with Crippen LogP contribution in [-0.2, 0) is 16.6 Å². The SMILES string of the molecule is CC(C)(C)[S@](=O)Cc1cccc(NC(=O)N2CC[C@@H](O)C2)c1. The van der Waals surface area contributed by atoms with E-state index in [9.17, 15) is 14.1 Å². The number of anilines is 1. The normalized spacial score (nSPS) is 20.0. The molecule has 2 atom stereocenters. The van der Waals surface area contributed by atoms with Gasteiger partial charge in [-0.2, -0.15) is 0 Å². The molecule has 1 aliphatic rings. The molecule has 2 rings (SSSR count). The number of carbonyl (C=O) groups is 1. The highest BCUT2D eigenvalue weighted by Crippen LogP contribution is 2.19. The van der Waals surface area contributed by atoms with Gasteiger partial charge in [-0.3, -0.25) is 4.21 Å². The Hall–Kier alpha value is -1.40. The van der Waals surface area contributed by atoms with Gasteiger partial charge in [0.25, 0.3) is 0 Å². The van der Waals surface area contributed by atoms with E-state index in [2.05, 4.69) is 5.32 Å². The lowest BCUT2D eigenvalue weighted by atomic mass is 10.2. The Bertz CT molecular complexity index is 569. The summed E-state index contributed by atoms with van der Waals surface area (Å²) >= 11 is 0. The summed E-state index contributed by atoms with van der Waals surface area (Å²) in [5, 5.41) is 12.3. The highest BCUT2D eigenvalue weighted by molar-refractivity contribution is 7.85. The minimum absolute atomic E-state index is 0.203. The molecule has 0 unspecified atom stereocenters. The number of nitrogens with one attached hydrogen (secondary N) is 1. The number of hydrogen-bond acceptors (Lipinski definition) is 3. The highest BCUT2D eigenvalue weighted by Gasteiger charge is 2.24. The predicted molar refractivity (Wildman–Crippen MR) is 89.3 cm³/mol. The van der Waals surface area contributed by atoms with Crippen molar-refractivity contribution in [3.63, 3.8) is 0 Å². The summed E-state index contributed by atoms with van der Waals surface area (Å²) in [5.41, 5.74) is 1.63. The van der Waals surface area contributed by atoms with Crippen molar-refractivity contribution in [1.82, 2.24) is 4.90 Å². The van der Waals surface area contributed by atoms with Gasteiger partial charge in [0.1, 0.15) is 0 Å². The number of amides is 2. The summed E-state index contributed by atoms with van der Waals surface area (Å²) in [4.78, 5) is 13.7. The quantitative estimate of drug-likeness (QED) is 0.896. The summed E-state index contributed by atoms with van der Waals surface area (Å²) in [5.74, 6) is 0.468. The summed E-state index contributed by atoms with van der Waals surface area (Å²) < 4.78 is 11.9. The van der Waals surface area contributed by atoms with Crippen molar-refractivity contribution >= 4 is 22.5 Å². The van der Waals surface area contributed by atoms with Gasteiger partial charge in [0.15, 0.2) is 0 Å². The third kappa shape index (κ3) is 4.55. The van der Waals surface area contributed by atoms with E-state index in [0.717, 1.165) is 5.56 Å². The number of aliphatic hydroxyl groups is 1. The number of benzene rings is 1. The number of aliphatic hydroxyl groups excluding tert-OH is 1. The first-order valence-electron chi connectivity index (χ1n) is 7.47. The van der Waals surface area contributed by atoms with Gasteiger partial charge in [-0.15, -0.1) is 0 Å². The summed E-state index contributed by atoms with van der Waals surface area (Å²) in [6.45, 7) is 6.80. The molecule has 0 bridgehead atoms. The van der Waals surface area contributed by atoms with Crippen molar-refractivity contribution < 1.29 is 14.1 Å². The number of β-amino-alcohol motifs (C(OH)–C–C–N with tert-alkyl or cyclic N) is 1. The maximum absolute atomic E-state index is 12.2. The van der Waals surface area contributed by atoms with Crippen LogP contribution in [0.3, 0.4) is 0 Å². The third-order valence-electron chi connectivity index (χ3n) is 3.61. The molecule has 0 spiro atoms. The fourth-order valence-electron chi connectivity index (χ4n) is 2.24. The highest BCUT2D eigenvalue weighted by atomic mass is 32.2. The Morgan fingerprint density at radius 2 is 2.18 bits per heavy atom. The predicted octanol–water partition coefficient (Wildman–Crippen LogP) is 2.33. The van der Waals surface area contributed by atoms with Crippen molar-refractivity contribution in [2.45, 2.75) is 43.8 Å². The Morgan fingerprint density at radius 1 is 1.45 bits per heavy atom. The molecule has 1 aliphatic heterocycles. The van der Waals surface area contributed by atoms with Crippen LogP contribution in [0.5, 0.6) is 0 Å². The fraction of sp³-hybridized carbons (Fsp3) is 0.562. The molecule has 2 N–H and O–H groups in total. The molecule has 1 heterocycles. The topological polar surface area (TPSA) is 69.6 Å². The van der Waals surface area contributed by atoms with Crippen molar-refractivity contribution in [2.75, 3.05) is 18.4 Å². The molecule has 5 nitrogen and oxygen atoms in total. The van der Waals surface area contributed by atoms with Gasteiger partial charge in [-0.25, -0.2) is 4.79 Å². The van der Waals surface area contributed by atoms with Crippen LogP contribution in [0.4, 0.5) is 10.5 Å². The van der Waals surface area contributed by atoms with Crippen LogP contribution >= 0.6 is 0 Å². The van der Waals surface area contributed by atoms with E-state index in [4.69, 9.17) is 0 Å². The summed E-state index contributed by atoms with van der Waals surface area (Å²) in [7, 11) is -0.972. The Kier molecular flexibility index (Phi) is 5.24. The van der Waals surface area contributed by atoms with Gasteiger partial charge >= 0.3 is 6.03 Å². The molecular formula is C16H24N2O3S. The lowest BCUT2D eigenvalue weighted by Crippen LogP contribution is -2.33. The number of carbonyl (C=O) groups excluding carboxylic acids is 1. The molecule has 1 fully saturated rings. The zero-order chi connectivity index (χ0) is 16.3. The molecule has 22 heavy (non-hydrogen) atoms. The molecule has 1 aromatic carbocycles. The number of urea groups is 1. The second kappa shape index (κ2) is 6.79. The van der Waals surface area contributed by atoms with Gasteiger partial charge in [0.05, 0.1) is 6.10 Å². The lowest BCUT2D eigenvalue weighted by Gasteiger charge is -2.19. The van der Waals surface area contributed by atoms with Crippen LogP contribution in [0, 0.1) is 0 Å². The largest absolute Gasteiger partial charge is 0.391 e. The smallest absolute Gasteiger partial charge is 0.321 e. The maximum atomic E-state index is 12.2. The molecule has 6 heteroatoms. The van der Waals surface area contributed by atoms with Crippen LogP contribution in [0.1, 0.15) is 32.8 Å². The minimum Gasteiger partial charge on any atom is -0.391 e. The van der Waals surface area contributed by atoms with Gasteiger partial charge in [-0.05, 0) is 44.9 Å². The average molecular weight is 324 g/mol.